The maximum Gasteiger partial charge on any atom is 0.247 e. The number of fused-ring (bicyclic) bond motifs is 1. The Morgan fingerprint density at radius 3 is 2.90 bits per heavy atom. The molecule has 1 aliphatic heterocycles. The van der Waals surface area contributed by atoms with Crippen LogP contribution >= 0.6 is 0 Å². The van der Waals surface area contributed by atoms with Gasteiger partial charge in [0.05, 0.1) is 6.04 Å². The first kappa shape index (κ1) is 15.3. The van der Waals surface area contributed by atoms with E-state index in [0.29, 0.717) is 6.42 Å². The number of allylic oxidation sites excluding steroid dienone is 1. The maximum absolute atomic E-state index is 12.0. The van der Waals surface area contributed by atoms with E-state index in [9.17, 15) is 9.59 Å². The molecule has 4 heteroatoms. The van der Waals surface area contributed by atoms with Crippen molar-refractivity contribution < 1.29 is 9.59 Å². The summed E-state index contributed by atoms with van der Waals surface area (Å²) in [5.41, 5.74) is 3.82. The number of anilines is 1. The second-order valence-electron chi connectivity index (χ2n) is 5.46. The number of hydrogen-bond donors (Lipinski definition) is 2. The lowest BCUT2D eigenvalue weighted by atomic mass is 9.97. The van der Waals surface area contributed by atoms with Crippen LogP contribution in [0, 0.1) is 0 Å². The molecule has 2 N–H and O–H groups in total. The quantitative estimate of drug-likeness (QED) is 0.836. The third-order valence-electron chi connectivity index (χ3n) is 3.74. The molecule has 0 radical (unpaired) electrons. The van der Waals surface area contributed by atoms with Crippen molar-refractivity contribution in [1.82, 2.24) is 5.32 Å². The van der Waals surface area contributed by atoms with Crippen LogP contribution in [0.2, 0.25) is 0 Å². The highest BCUT2D eigenvalue weighted by molar-refractivity contribution is 5.94. The number of carbonyl (C=O) groups is 2. The Balaban J connectivity index is 2.10. The van der Waals surface area contributed by atoms with Crippen LogP contribution in [0.25, 0.3) is 0 Å². The fraction of sp³-hybridized carbons (Fsp3) is 0.412. The van der Waals surface area contributed by atoms with Crippen LogP contribution < -0.4 is 10.6 Å². The molecule has 0 spiro atoms. The zero-order valence-corrected chi connectivity index (χ0v) is 12.8. The van der Waals surface area contributed by atoms with Gasteiger partial charge in [0.1, 0.15) is 0 Å². The van der Waals surface area contributed by atoms with Gasteiger partial charge < -0.3 is 10.6 Å². The summed E-state index contributed by atoms with van der Waals surface area (Å²) in [4.78, 5) is 23.4. The second-order valence-corrected chi connectivity index (χ2v) is 5.46. The molecule has 0 bridgehead atoms. The van der Waals surface area contributed by atoms with Crippen molar-refractivity contribution in [1.29, 1.82) is 0 Å². The Morgan fingerprint density at radius 2 is 2.19 bits per heavy atom. The molecule has 2 rings (SSSR count). The number of aryl methyl sites for hydroxylation is 1. The van der Waals surface area contributed by atoms with Crippen molar-refractivity contribution in [2.24, 2.45) is 0 Å². The number of benzene rings is 1. The summed E-state index contributed by atoms with van der Waals surface area (Å²) in [5, 5.41) is 5.87. The van der Waals surface area contributed by atoms with Crippen molar-refractivity contribution in [2.45, 2.75) is 46.1 Å². The molecule has 1 aliphatic rings. The molecule has 0 aliphatic carbocycles. The molecule has 0 saturated heterocycles. The van der Waals surface area contributed by atoms with Crippen molar-refractivity contribution >= 4 is 17.5 Å². The molecule has 4 nitrogen and oxygen atoms in total. The van der Waals surface area contributed by atoms with Gasteiger partial charge >= 0.3 is 0 Å². The van der Waals surface area contributed by atoms with Crippen molar-refractivity contribution in [3.63, 3.8) is 0 Å². The van der Waals surface area contributed by atoms with Gasteiger partial charge in [0, 0.05) is 17.7 Å². The Bertz CT molecular complexity index is 590. The molecule has 0 aromatic heterocycles. The summed E-state index contributed by atoms with van der Waals surface area (Å²) >= 11 is 0. The molecule has 1 atom stereocenters. The van der Waals surface area contributed by atoms with E-state index < -0.39 is 0 Å². The topological polar surface area (TPSA) is 58.2 Å². The lowest BCUT2D eigenvalue weighted by Gasteiger charge is -2.20. The summed E-state index contributed by atoms with van der Waals surface area (Å²) in [5.74, 6) is 0.0345. The van der Waals surface area contributed by atoms with Gasteiger partial charge in [-0.3, -0.25) is 9.59 Å². The summed E-state index contributed by atoms with van der Waals surface area (Å²) in [6, 6.07) is 5.88. The number of hydrogen-bond acceptors (Lipinski definition) is 2. The Hall–Kier alpha value is -2.10. The zero-order chi connectivity index (χ0) is 15.4. The highest BCUT2D eigenvalue weighted by atomic mass is 16.2. The van der Waals surface area contributed by atoms with Gasteiger partial charge in [0.2, 0.25) is 11.8 Å². The highest BCUT2D eigenvalue weighted by Crippen LogP contribution is 2.26. The van der Waals surface area contributed by atoms with Crippen LogP contribution in [0.1, 0.15) is 50.8 Å². The summed E-state index contributed by atoms with van der Waals surface area (Å²) in [7, 11) is 0. The highest BCUT2D eigenvalue weighted by Gasteiger charge is 2.17. The van der Waals surface area contributed by atoms with Crippen molar-refractivity contribution in [3.05, 3.63) is 41.0 Å². The average Bonchev–Trinajstić information content (AvgIpc) is 2.46. The van der Waals surface area contributed by atoms with Gasteiger partial charge in [-0.2, -0.15) is 0 Å². The monoisotopic (exact) mass is 286 g/mol. The number of amides is 2. The normalized spacial score (nSPS) is 16.0. The lowest BCUT2D eigenvalue weighted by molar-refractivity contribution is -0.118. The van der Waals surface area contributed by atoms with E-state index in [1.54, 1.807) is 0 Å². The molecule has 1 aromatic carbocycles. The molecular weight excluding hydrogens is 264 g/mol. The van der Waals surface area contributed by atoms with Crippen molar-refractivity contribution in [2.75, 3.05) is 5.32 Å². The fourth-order valence-corrected chi connectivity index (χ4v) is 2.47. The fourth-order valence-electron chi connectivity index (χ4n) is 2.47. The maximum atomic E-state index is 12.0. The van der Waals surface area contributed by atoms with Gasteiger partial charge in [0.15, 0.2) is 0 Å². The van der Waals surface area contributed by atoms with Crippen LogP contribution in [0.4, 0.5) is 5.69 Å². The molecule has 1 aromatic rings. The van der Waals surface area contributed by atoms with E-state index in [-0.39, 0.29) is 17.9 Å². The van der Waals surface area contributed by atoms with Crippen molar-refractivity contribution in [3.8, 4) is 0 Å². The third-order valence-corrected chi connectivity index (χ3v) is 3.74. The Labute approximate surface area is 125 Å². The molecule has 112 valence electrons. The molecule has 1 heterocycles. The van der Waals surface area contributed by atoms with Gasteiger partial charge in [-0.05, 0) is 43.9 Å². The van der Waals surface area contributed by atoms with E-state index in [4.69, 9.17) is 0 Å². The van der Waals surface area contributed by atoms with Gasteiger partial charge in [0.25, 0.3) is 0 Å². The predicted octanol–water partition coefficient (Wildman–Crippen LogP) is 3.10. The second kappa shape index (κ2) is 6.57. The molecule has 0 unspecified atom stereocenters. The van der Waals surface area contributed by atoms with E-state index >= 15 is 0 Å². The average molecular weight is 286 g/mol. The minimum atomic E-state index is -0.0550. The molecule has 2 amide bonds. The first-order valence-corrected chi connectivity index (χ1v) is 7.41. The zero-order valence-electron chi connectivity index (χ0n) is 12.8. The minimum Gasteiger partial charge on any atom is -0.346 e. The van der Waals surface area contributed by atoms with Crippen LogP contribution in [-0.4, -0.2) is 11.8 Å². The van der Waals surface area contributed by atoms with E-state index in [0.717, 1.165) is 35.2 Å². The Kier molecular flexibility index (Phi) is 4.78. The van der Waals surface area contributed by atoms with E-state index in [1.165, 1.54) is 0 Å². The smallest absolute Gasteiger partial charge is 0.247 e. The summed E-state index contributed by atoms with van der Waals surface area (Å²) in [6.45, 7) is 5.81. The largest absolute Gasteiger partial charge is 0.346 e. The molecule has 21 heavy (non-hydrogen) atoms. The van der Waals surface area contributed by atoms with E-state index in [1.807, 2.05) is 39.0 Å². The standard InChI is InChI=1S/C17H22N2O2/c1-4-5-11(2)17(21)18-12(3)13-6-8-15-14(10-13)7-9-16(20)19-15/h5-6,8,10,12H,4,7,9H2,1-3H3,(H,18,21)(H,19,20)/b11-5+/t12-/m1/s1. The van der Waals surface area contributed by atoms with Crippen LogP contribution in [0.15, 0.2) is 29.8 Å². The summed E-state index contributed by atoms with van der Waals surface area (Å²) in [6.07, 6.45) is 4.05. The predicted molar refractivity (Wildman–Crippen MR) is 84.0 cm³/mol. The van der Waals surface area contributed by atoms with E-state index in [2.05, 4.69) is 16.7 Å². The lowest BCUT2D eigenvalue weighted by Crippen LogP contribution is -2.27. The Morgan fingerprint density at radius 1 is 1.43 bits per heavy atom. The van der Waals surface area contributed by atoms with Gasteiger partial charge in [-0.1, -0.05) is 25.1 Å². The molecular formula is C17H22N2O2. The first-order chi connectivity index (χ1) is 10.0. The third kappa shape index (κ3) is 3.72. The van der Waals surface area contributed by atoms with Crippen LogP contribution in [0.3, 0.4) is 0 Å². The molecule has 0 saturated carbocycles. The number of carbonyl (C=O) groups excluding carboxylic acids is 2. The SMILES string of the molecule is CC/C=C(\C)C(=O)N[C@H](C)c1ccc2c(c1)CCC(=O)N2. The minimum absolute atomic E-state index is 0.0321. The summed E-state index contributed by atoms with van der Waals surface area (Å²) < 4.78 is 0. The van der Waals surface area contributed by atoms with Crippen LogP contribution in [-0.2, 0) is 16.0 Å². The number of nitrogens with one attached hydrogen (secondary N) is 2. The van der Waals surface area contributed by atoms with Gasteiger partial charge in [-0.25, -0.2) is 0 Å². The molecule has 0 fully saturated rings. The first-order valence-electron chi connectivity index (χ1n) is 7.41. The van der Waals surface area contributed by atoms with Gasteiger partial charge in [-0.15, -0.1) is 0 Å². The number of rotatable bonds is 4. The van der Waals surface area contributed by atoms with Crippen LogP contribution in [0.5, 0.6) is 0 Å².